The van der Waals surface area contributed by atoms with Crippen molar-refractivity contribution >= 4 is 12.1 Å². The van der Waals surface area contributed by atoms with Crippen molar-refractivity contribution in [2.24, 2.45) is 35.0 Å². The molecule has 6 unspecified atom stereocenters. The largest absolute Gasteiger partial charge is 0.459 e. The van der Waals surface area contributed by atoms with E-state index in [9.17, 15) is 9.59 Å². The van der Waals surface area contributed by atoms with Crippen molar-refractivity contribution in [3.63, 3.8) is 0 Å². The van der Waals surface area contributed by atoms with Gasteiger partial charge in [-0.3, -0.25) is 0 Å². The molecule has 3 aliphatic carbocycles. The number of nitrogens with one attached hydrogen (secondary N) is 1. The summed E-state index contributed by atoms with van der Waals surface area (Å²) in [4.78, 5) is 22.8. The van der Waals surface area contributed by atoms with Crippen molar-refractivity contribution in [3.05, 3.63) is 12.7 Å². The molecule has 0 aromatic rings. The van der Waals surface area contributed by atoms with Gasteiger partial charge in [0.05, 0.1) is 0 Å². The second kappa shape index (κ2) is 8.01. The van der Waals surface area contributed by atoms with Crippen LogP contribution in [0, 0.1) is 35.0 Å². The van der Waals surface area contributed by atoms with Gasteiger partial charge in [0.2, 0.25) is 0 Å². The fraction of sp³-hybridized carbons (Fsp3) is 0.810. The van der Waals surface area contributed by atoms with Gasteiger partial charge in [-0.25, -0.2) is 9.59 Å². The molecule has 2 bridgehead atoms. The summed E-state index contributed by atoms with van der Waals surface area (Å²) in [7, 11) is 0. The molecule has 0 aromatic carbocycles. The average molecular weight is 363 g/mol. The molecule has 1 N–H and O–H groups in total. The second-order valence-electron chi connectivity index (χ2n) is 8.81. The van der Waals surface area contributed by atoms with Gasteiger partial charge in [0.25, 0.3) is 0 Å². The zero-order valence-corrected chi connectivity index (χ0v) is 16.2. The fourth-order valence-electron chi connectivity index (χ4n) is 5.98. The van der Waals surface area contributed by atoms with Crippen molar-refractivity contribution in [1.82, 2.24) is 5.32 Å². The average Bonchev–Trinajstić information content (AvgIpc) is 3.21. The SMILES string of the molecule is C=CC(=O)OCCOC(=O)NCC1(C)CCC2C3CC(CC)C(C3)C2C1. The number of carbonyl (C=O) groups is 2. The Kier molecular flexibility index (Phi) is 5.93. The molecule has 26 heavy (non-hydrogen) atoms. The van der Waals surface area contributed by atoms with Crippen molar-refractivity contribution in [2.45, 2.75) is 52.4 Å². The molecule has 0 aliphatic heterocycles. The molecule has 146 valence electrons. The van der Waals surface area contributed by atoms with Gasteiger partial charge in [-0.1, -0.05) is 26.8 Å². The van der Waals surface area contributed by atoms with E-state index in [1.807, 2.05) is 0 Å². The summed E-state index contributed by atoms with van der Waals surface area (Å²) < 4.78 is 9.87. The highest BCUT2D eigenvalue weighted by atomic mass is 16.6. The summed E-state index contributed by atoms with van der Waals surface area (Å²) in [5.74, 6) is 4.10. The van der Waals surface area contributed by atoms with Crippen molar-refractivity contribution in [3.8, 4) is 0 Å². The van der Waals surface area contributed by atoms with Crippen molar-refractivity contribution in [1.29, 1.82) is 0 Å². The lowest BCUT2D eigenvalue weighted by Gasteiger charge is -2.46. The zero-order chi connectivity index (χ0) is 18.7. The van der Waals surface area contributed by atoms with Gasteiger partial charge >= 0.3 is 12.1 Å². The van der Waals surface area contributed by atoms with Gasteiger partial charge in [0, 0.05) is 12.6 Å². The number of hydrogen-bond donors (Lipinski definition) is 1. The predicted molar refractivity (Wildman–Crippen MR) is 99.4 cm³/mol. The highest BCUT2D eigenvalue weighted by Crippen LogP contribution is 2.62. The lowest BCUT2D eigenvalue weighted by molar-refractivity contribution is -0.138. The lowest BCUT2D eigenvalue weighted by atomic mass is 9.60. The molecule has 0 heterocycles. The smallest absolute Gasteiger partial charge is 0.407 e. The van der Waals surface area contributed by atoms with E-state index in [-0.39, 0.29) is 18.6 Å². The predicted octanol–water partition coefficient (Wildman–Crippen LogP) is 3.93. The van der Waals surface area contributed by atoms with E-state index in [2.05, 4.69) is 25.7 Å². The number of ether oxygens (including phenoxy) is 2. The Labute approximate surface area is 156 Å². The van der Waals surface area contributed by atoms with Crippen LogP contribution in [0.25, 0.3) is 0 Å². The third-order valence-electron chi connectivity index (χ3n) is 7.21. The van der Waals surface area contributed by atoms with Crippen LogP contribution in [-0.2, 0) is 14.3 Å². The first-order chi connectivity index (χ1) is 12.5. The van der Waals surface area contributed by atoms with Gasteiger partial charge in [-0.2, -0.15) is 0 Å². The summed E-state index contributed by atoms with van der Waals surface area (Å²) in [5, 5.41) is 2.92. The van der Waals surface area contributed by atoms with Crippen LogP contribution < -0.4 is 5.32 Å². The number of hydrogen-bond acceptors (Lipinski definition) is 4. The van der Waals surface area contributed by atoms with Gasteiger partial charge in [-0.05, 0) is 67.1 Å². The number of alkyl carbamates (subject to hydrolysis) is 1. The molecule has 3 aliphatic rings. The Morgan fingerprint density at radius 2 is 1.96 bits per heavy atom. The number of esters is 1. The van der Waals surface area contributed by atoms with Gasteiger partial charge in [0.15, 0.2) is 0 Å². The number of rotatable bonds is 7. The van der Waals surface area contributed by atoms with E-state index in [4.69, 9.17) is 9.47 Å². The molecule has 5 heteroatoms. The van der Waals surface area contributed by atoms with E-state index in [0.717, 1.165) is 35.7 Å². The molecule has 6 atom stereocenters. The van der Waals surface area contributed by atoms with Crippen LogP contribution in [0.15, 0.2) is 12.7 Å². The van der Waals surface area contributed by atoms with E-state index < -0.39 is 12.1 Å². The molecule has 3 rings (SSSR count). The lowest BCUT2D eigenvalue weighted by Crippen LogP contribution is -2.43. The van der Waals surface area contributed by atoms with Crippen LogP contribution >= 0.6 is 0 Å². The molecule has 3 saturated carbocycles. The third-order valence-corrected chi connectivity index (χ3v) is 7.21. The van der Waals surface area contributed by atoms with Crippen molar-refractivity contribution < 1.29 is 19.1 Å². The van der Waals surface area contributed by atoms with Gasteiger partial charge in [-0.15, -0.1) is 0 Å². The van der Waals surface area contributed by atoms with Gasteiger partial charge < -0.3 is 14.8 Å². The van der Waals surface area contributed by atoms with E-state index in [1.165, 1.54) is 38.5 Å². The Bertz CT molecular complexity index is 548. The maximum absolute atomic E-state index is 11.9. The van der Waals surface area contributed by atoms with Crippen LogP contribution in [0.1, 0.15) is 52.4 Å². The summed E-state index contributed by atoms with van der Waals surface area (Å²) in [6.45, 7) is 8.75. The Balaban J connectivity index is 1.41. The number of fused-ring (bicyclic) bond motifs is 5. The minimum Gasteiger partial charge on any atom is -0.459 e. The summed E-state index contributed by atoms with van der Waals surface area (Å²) in [6.07, 6.45) is 8.62. The first-order valence-electron chi connectivity index (χ1n) is 10.2. The summed E-state index contributed by atoms with van der Waals surface area (Å²) >= 11 is 0. The summed E-state index contributed by atoms with van der Waals surface area (Å²) in [5.41, 5.74) is 0.165. The van der Waals surface area contributed by atoms with Gasteiger partial charge in [0.1, 0.15) is 13.2 Å². The standard InChI is InChI=1S/C21H33NO4/c1-4-14-10-15-11-17(14)18-12-21(3,7-6-16(15)18)13-22-20(24)26-9-8-25-19(23)5-2/h5,14-18H,2,4,6-13H2,1,3H3,(H,22,24). The maximum atomic E-state index is 11.9. The molecule has 0 spiro atoms. The van der Waals surface area contributed by atoms with Crippen molar-refractivity contribution in [2.75, 3.05) is 19.8 Å². The molecule has 0 aromatic heterocycles. The van der Waals surface area contributed by atoms with Crippen LogP contribution in [0.4, 0.5) is 4.79 Å². The summed E-state index contributed by atoms with van der Waals surface area (Å²) in [6, 6.07) is 0. The number of carbonyl (C=O) groups excluding carboxylic acids is 2. The van der Waals surface area contributed by atoms with E-state index >= 15 is 0 Å². The third kappa shape index (κ3) is 4.07. The first kappa shape index (κ1) is 19.2. The molecule has 1 amide bonds. The molecule has 5 nitrogen and oxygen atoms in total. The van der Waals surface area contributed by atoms with E-state index in [1.54, 1.807) is 0 Å². The number of amides is 1. The Morgan fingerprint density at radius 1 is 1.19 bits per heavy atom. The minimum atomic E-state index is -0.505. The zero-order valence-electron chi connectivity index (χ0n) is 16.2. The Hall–Kier alpha value is -1.52. The molecular weight excluding hydrogens is 330 g/mol. The van der Waals surface area contributed by atoms with Crippen LogP contribution in [0.2, 0.25) is 0 Å². The molecular formula is C21H33NO4. The monoisotopic (exact) mass is 363 g/mol. The molecule has 3 fully saturated rings. The quantitative estimate of drug-likeness (QED) is 0.423. The first-order valence-corrected chi connectivity index (χ1v) is 10.2. The molecule has 0 saturated heterocycles. The van der Waals surface area contributed by atoms with Crippen LogP contribution in [-0.4, -0.2) is 31.8 Å². The molecule has 0 radical (unpaired) electrons. The second-order valence-corrected chi connectivity index (χ2v) is 8.81. The highest BCUT2D eigenvalue weighted by Gasteiger charge is 2.55. The fourth-order valence-corrected chi connectivity index (χ4v) is 5.98. The maximum Gasteiger partial charge on any atom is 0.407 e. The topological polar surface area (TPSA) is 64.6 Å². The van der Waals surface area contributed by atoms with E-state index in [0.29, 0.717) is 6.54 Å². The highest BCUT2D eigenvalue weighted by molar-refractivity contribution is 5.81. The van der Waals surface area contributed by atoms with Crippen LogP contribution in [0.3, 0.4) is 0 Å². The normalized spacial score (nSPS) is 37.7. The Morgan fingerprint density at radius 3 is 2.69 bits per heavy atom. The minimum absolute atomic E-state index is 0.0563. The van der Waals surface area contributed by atoms with Crippen LogP contribution in [0.5, 0.6) is 0 Å².